The fourth-order valence-electron chi connectivity index (χ4n) is 1.81. The van der Waals surface area contributed by atoms with E-state index in [-0.39, 0.29) is 5.41 Å². The Hall–Kier alpha value is -1.81. The molecule has 0 unspecified atom stereocenters. The molecule has 1 aromatic rings. The van der Waals surface area contributed by atoms with Gasteiger partial charge in [0.1, 0.15) is 0 Å². The average molecular weight is 277 g/mol. The number of aliphatic hydroxyl groups excluding tert-OH is 1. The van der Waals surface area contributed by atoms with Crippen LogP contribution in [0.2, 0.25) is 0 Å². The zero-order valence-corrected chi connectivity index (χ0v) is 12.2. The van der Waals surface area contributed by atoms with Crippen LogP contribution in [0, 0.1) is 5.41 Å². The number of amides is 1. The third kappa shape index (κ3) is 6.38. The largest absolute Gasteiger partial charge is 0.465 e. The first-order chi connectivity index (χ1) is 9.28. The molecule has 0 saturated carbocycles. The number of nitrogens with one attached hydrogen (secondary N) is 1. The van der Waals surface area contributed by atoms with E-state index in [1.807, 2.05) is 57.2 Å². The van der Waals surface area contributed by atoms with Crippen LogP contribution < -0.4 is 5.32 Å². The van der Waals surface area contributed by atoms with Crippen LogP contribution in [0.5, 0.6) is 0 Å². The molecular weight excluding hydrogens is 254 g/mol. The number of carbonyl (C=O) groups is 1. The van der Waals surface area contributed by atoms with Crippen LogP contribution >= 0.6 is 0 Å². The average Bonchev–Trinajstić information content (AvgIpc) is 2.35. The van der Waals surface area contributed by atoms with Crippen molar-refractivity contribution in [2.75, 3.05) is 0 Å². The van der Waals surface area contributed by atoms with E-state index >= 15 is 0 Å². The van der Waals surface area contributed by atoms with E-state index in [2.05, 4.69) is 5.32 Å². The predicted octanol–water partition coefficient (Wildman–Crippen LogP) is 2.83. The second-order valence-electron chi connectivity index (χ2n) is 5.96. The third-order valence-corrected chi connectivity index (χ3v) is 2.81. The number of hydrogen-bond acceptors (Lipinski definition) is 2. The van der Waals surface area contributed by atoms with E-state index < -0.39 is 18.2 Å². The lowest BCUT2D eigenvalue weighted by atomic mass is 9.93. The summed E-state index contributed by atoms with van der Waals surface area (Å²) in [5.74, 6) is 0. The minimum atomic E-state index is -1.13. The first-order valence-corrected chi connectivity index (χ1v) is 6.69. The van der Waals surface area contributed by atoms with Crippen LogP contribution in [0.1, 0.15) is 26.3 Å². The van der Waals surface area contributed by atoms with Gasteiger partial charge in [0.05, 0.1) is 12.1 Å². The monoisotopic (exact) mass is 277 g/mol. The fraction of sp³-hybridized carbons (Fsp3) is 0.438. The zero-order chi connectivity index (χ0) is 15.2. The molecule has 4 heteroatoms. The standard InChI is InChI=1S/C16H23NO3/c1-16(2,3)10-9-14(18)13(17-15(19)20)11-12-7-5-4-6-8-12/h4-10,13-14,17-18H,11H2,1-3H3,(H,19,20)/t13-,14-/m0/s1. The van der Waals surface area contributed by atoms with E-state index in [9.17, 15) is 9.90 Å². The second-order valence-corrected chi connectivity index (χ2v) is 5.96. The molecular formula is C16H23NO3. The van der Waals surface area contributed by atoms with Gasteiger partial charge < -0.3 is 15.5 Å². The lowest BCUT2D eigenvalue weighted by molar-refractivity contribution is 0.150. The number of hydrogen-bond donors (Lipinski definition) is 3. The van der Waals surface area contributed by atoms with Gasteiger partial charge in [-0.05, 0) is 17.4 Å². The van der Waals surface area contributed by atoms with Crippen molar-refractivity contribution in [3.8, 4) is 0 Å². The smallest absolute Gasteiger partial charge is 0.404 e. The minimum absolute atomic E-state index is 0.0541. The first kappa shape index (κ1) is 16.2. The van der Waals surface area contributed by atoms with Crippen molar-refractivity contribution < 1.29 is 15.0 Å². The van der Waals surface area contributed by atoms with Crippen LogP contribution in [0.25, 0.3) is 0 Å². The molecule has 0 aliphatic heterocycles. The summed E-state index contributed by atoms with van der Waals surface area (Å²) in [5.41, 5.74) is 0.927. The summed E-state index contributed by atoms with van der Waals surface area (Å²) in [7, 11) is 0. The van der Waals surface area contributed by atoms with Gasteiger partial charge in [0.2, 0.25) is 0 Å². The van der Waals surface area contributed by atoms with Crippen molar-refractivity contribution in [1.82, 2.24) is 5.32 Å². The zero-order valence-electron chi connectivity index (χ0n) is 12.2. The van der Waals surface area contributed by atoms with Gasteiger partial charge in [0.15, 0.2) is 0 Å². The van der Waals surface area contributed by atoms with Gasteiger partial charge in [0.25, 0.3) is 0 Å². The van der Waals surface area contributed by atoms with E-state index in [1.165, 1.54) is 0 Å². The molecule has 20 heavy (non-hydrogen) atoms. The van der Waals surface area contributed by atoms with E-state index in [4.69, 9.17) is 5.11 Å². The van der Waals surface area contributed by atoms with Crippen LogP contribution in [0.3, 0.4) is 0 Å². The number of benzene rings is 1. The molecule has 0 heterocycles. The Labute approximate surface area is 120 Å². The molecule has 1 aromatic carbocycles. The van der Waals surface area contributed by atoms with Crippen molar-refractivity contribution in [2.24, 2.45) is 5.41 Å². The summed E-state index contributed by atoms with van der Waals surface area (Å²) >= 11 is 0. The molecule has 0 spiro atoms. The normalized spacial score (nSPS) is 15.0. The van der Waals surface area contributed by atoms with Gasteiger partial charge in [-0.2, -0.15) is 0 Å². The molecule has 0 saturated heterocycles. The third-order valence-electron chi connectivity index (χ3n) is 2.81. The van der Waals surface area contributed by atoms with Crippen LogP contribution in [-0.4, -0.2) is 28.5 Å². The highest BCUT2D eigenvalue weighted by Crippen LogP contribution is 2.16. The van der Waals surface area contributed by atoms with E-state index in [0.29, 0.717) is 6.42 Å². The number of rotatable bonds is 5. The number of carboxylic acid groups (broad SMARTS) is 1. The van der Waals surface area contributed by atoms with Gasteiger partial charge in [-0.1, -0.05) is 63.3 Å². The van der Waals surface area contributed by atoms with E-state index in [0.717, 1.165) is 5.56 Å². The van der Waals surface area contributed by atoms with Crippen LogP contribution in [0.15, 0.2) is 42.5 Å². The maximum Gasteiger partial charge on any atom is 0.404 e. The minimum Gasteiger partial charge on any atom is -0.465 e. The maximum absolute atomic E-state index is 10.9. The number of allylic oxidation sites excluding steroid dienone is 1. The summed E-state index contributed by atoms with van der Waals surface area (Å²) in [6.07, 6.45) is 2.01. The highest BCUT2D eigenvalue weighted by atomic mass is 16.4. The Morgan fingerprint density at radius 3 is 2.40 bits per heavy atom. The Balaban J connectivity index is 2.78. The molecule has 0 fully saturated rings. The first-order valence-electron chi connectivity index (χ1n) is 6.69. The molecule has 110 valence electrons. The summed E-state index contributed by atoms with van der Waals surface area (Å²) in [6, 6.07) is 8.95. The Morgan fingerprint density at radius 1 is 1.30 bits per heavy atom. The SMILES string of the molecule is CC(C)(C)C=C[C@H](O)[C@H](Cc1ccccc1)NC(=O)O. The molecule has 0 aliphatic rings. The van der Waals surface area contributed by atoms with Gasteiger partial charge in [0, 0.05) is 0 Å². The van der Waals surface area contributed by atoms with Gasteiger partial charge in [-0.25, -0.2) is 4.79 Å². The molecule has 0 aromatic heterocycles. The van der Waals surface area contributed by atoms with Crippen LogP contribution in [-0.2, 0) is 6.42 Å². The maximum atomic E-state index is 10.9. The molecule has 1 rings (SSSR count). The lowest BCUT2D eigenvalue weighted by Gasteiger charge is -2.22. The molecule has 0 bridgehead atoms. The van der Waals surface area contributed by atoms with Crippen molar-refractivity contribution in [2.45, 2.75) is 39.3 Å². The summed E-state index contributed by atoms with van der Waals surface area (Å²) < 4.78 is 0. The molecule has 0 radical (unpaired) electrons. The molecule has 3 N–H and O–H groups in total. The summed E-state index contributed by atoms with van der Waals surface area (Å²) in [5, 5.41) is 21.4. The molecule has 1 amide bonds. The Morgan fingerprint density at radius 2 is 1.90 bits per heavy atom. The quantitative estimate of drug-likeness (QED) is 0.725. The second kappa shape index (κ2) is 7.10. The van der Waals surface area contributed by atoms with Crippen LogP contribution in [0.4, 0.5) is 4.79 Å². The van der Waals surface area contributed by atoms with Crippen molar-refractivity contribution in [1.29, 1.82) is 0 Å². The number of aliphatic hydroxyl groups is 1. The van der Waals surface area contributed by atoms with E-state index in [1.54, 1.807) is 6.08 Å². The fourth-order valence-corrected chi connectivity index (χ4v) is 1.81. The lowest BCUT2D eigenvalue weighted by Crippen LogP contribution is -2.43. The molecule has 0 aliphatic carbocycles. The topological polar surface area (TPSA) is 69.6 Å². The highest BCUT2D eigenvalue weighted by Gasteiger charge is 2.20. The molecule has 2 atom stereocenters. The molecule has 4 nitrogen and oxygen atoms in total. The highest BCUT2D eigenvalue weighted by molar-refractivity contribution is 5.65. The predicted molar refractivity (Wildman–Crippen MR) is 79.7 cm³/mol. The van der Waals surface area contributed by atoms with Crippen molar-refractivity contribution >= 4 is 6.09 Å². The van der Waals surface area contributed by atoms with Gasteiger partial charge >= 0.3 is 6.09 Å². The summed E-state index contributed by atoms with van der Waals surface area (Å²) in [6.45, 7) is 6.06. The van der Waals surface area contributed by atoms with Gasteiger partial charge in [-0.15, -0.1) is 0 Å². The Kier molecular flexibility index (Phi) is 5.77. The summed E-state index contributed by atoms with van der Waals surface area (Å²) in [4.78, 5) is 10.9. The van der Waals surface area contributed by atoms with Crippen molar-refractivity contribution in [3.63, 3.8) is 0 Å². The van der Waals surface area contributed by atoms with Crippen molar-refractivity contribution in [3.05, 3.63) is 48.0 Å². The van der Waals surface area contributed by atoms with Gasteiger partial charge in [-0.3, -0.25) is 0 Å². The Bertz CT molecular complexity index is 449.